The van der Waals surface area contributed by atoms with E-state index >= 15 is 0 Å². The molecule has 0 aromatic heterocycles. The summed E-state index contributed by atoms with van der Waals surface area (Å²) in [4.78, 5) is 2.63. The first-order valence-corrected chi connectivity index (χ1v) is 8.52. The molecule has 0 spiro atoms. The average molecular weight is 266 g/mol. The van der Waals surface area contributed by atoms with Crippen molar-refractivity contribution >= 4 is 0 Å². The summed E-state index contributed by atoms with van der Waals surface area (Å²) in [5.41, 5.74) is 0. The molecule has 2 aliphatic rings. The maximum atomic E-state index is 3.56. The van der Waals surface area contributed by atoms with Crippen molar-refractivity contribution in [3.05, 3.63) is 0 Å². The predicted molar refractivity (Wildman–Crippen MR) is 83.4 cm³/mol. The maximum absolute atomic E-state index is 3.56. The topological polar surface area (TPSA) is 15.3 Å². The fraction of sp³-hybridized carbons (Fsp3) is 1.00. The lowest BCUT2D eigenvalue weighted by Gasteiger charge is -2.34. The second-order valence-corrected chi connectivity index (χ2v) is 7.30. The van der Waals surface area contributed by atoms with Crippen LogP contribution in [0.4, 0.5) is 0 Å². The Morgan fingerprint density at radius 2 is 2.00 bits per heavy atom. The molecule has 0 saturated heterocycles. The molecule has 2 nitrogen and oxygen atoms in total. The maximum Gasteiger partial charge on any atom is 0.0102 e. The Bertz CT molecular complexity index is 266. The van der Waals surface area contributed by atoms with E-state index in [1.165, 1.54) is 32.2 Å². The van der Waals surface area contributed by atoms with Crippen LogP contribution in [0.25, 0.3) is 0 Å². The predicted octanol–water partition coefficient (Wildman–Crippen LogP) is 3.38. The van der Waals surface area contributed by atoms with Crippen LogP contribution in [0.1, 0.15) is 52.9 Å². The Morgan fingerprint density at radius 1 is 1.21 bits per heavy atom. The zero-order valence-electron chi connectivity index (χ0n) is 13.5. The van der Waals surface area contributed by atoms with Gasteiger partial charge in [-0.05, 0) is 76.4 Å². The SMILES string of the molecule is CCCNCC(C)C(C)N(C)CC1CC2CCC1C2. The molecule has 5 unspecified atom stereocenters. The van der Waals surface area contributed by atoms with Gasteiger partial charge in [0.25, 0.3) is 0 Å². The molecule has 0 radical (unpaired) electrons. The van der Waals surface area contributed by atoms with Gasteiger partial charge in [-0.2, -0.15) is 0 Å². The van der Waals surface area contributed by atoms with Crippen molar-refractivity contribution in [2.75, 3.05) is 26.7 Å². The third-order valence-electron chi connectivity index (χ3n) is 5.82. The Hall–Kier alpha value is -0.0800. The summed E-state index contributed by atoms with van der Waals surface area (Å²) < 4.78 is 0. The number of rotatable bonds is 8. The molecule has 5 atom stereocenters. The molecule has 0 aromatic carbocycles. The van der Waals surface area contributed by atoms with E-state index < -0.39 is 0 Å². The fourth-order valence-electron chi connectivity index (χ4n) is 4.25. The van der Waals surface area contributed by atoms with E-state index in [4.69, 9.17) is 0 Å². The average Bonchev–Trinajstić information content (AvgIpc) is 3.00. The molecule has 2 heteroatoms. The summed E-state index contributed by atoms with van der Waals surface area (Å²) in [7, 11) is 2.34. The third kappa shape index (κ3) is 3.95. The van der Waals surface area contributed by atoms with Crippen molar-refractivity contribution in [2.24, 2.45) is 23.7 Å². The summed E-state index contributed by atoms with van der Waals surface area (Å²) in [5, 5.41) is 3.56. The van der Waals surface area contributed by atoms with Gasteiger partial charge in [0.15, 0.2) is 0 Å². The van der Waals surface area contributed by atoms with Crippen LogP contribution < -0.4 is 5.32 Å². The van der Waals surface area contributed by atoms with Gasteiger partial charge in [0.1, 0.15) is 0 Å². The monoisotopic (exact) mass is 266 g/mol. The summed E-state index contributed by atoms with van der Waals surface area (Å²) in [6.45, 7) is 10.7. The van der Waals surface area contributed by atoms with Crippen LogP contribution in [0.2, 0.25) is 0 Å². The van der Waals surface area contributed by atoms with Crippen LogP contribution in [0.5, 0.6) is 0 Å². The Labute approximate surface area is 120 Å². The second kappa shape index (κ2) is 7.08. The number of hydrogen-bond acceptors (Lipinski definition) is 2. The lowest BCUT2D eigenvalue weighted by Crippen LogP contribution is -2.42. The molecule has 19 heavy (non-hydrogen) atoms. The van der Waals surface area contributed by atoms with E-state index in [9.17, 15) is 0 Å². The largest absolute Gasteiger partial charge is 0.316 e. The van der Waals surface area contributed by atoms with E-state index in [1.807, 2.05) is 0 Å². The smallest absolute Gasteiger partial charge is 0.0102 e. The zero-order chi connectivity index (χ0) is 13.8. The van der Waals surface area contributed by atoms with Crippen molar-refractivity contribution in [1.82, 2.24) is 10.2 Å². The highest BCUT2D eigenvalue weighted by molar-refractivity contribution is 4.91. The fourth-order valence-corrected chi connectivity index (χ4v) is 4.25. The molecule has 2 aliphatic carbocycles. The first kappa shape index (κ1) is 15.3. The van der Waals surface area contributed by atoms with Gasteiger partial charge in [0, 0.05) is 12.6 Å². The van der Waals surface area contributed by atoms with Crippen molar-refractivity contribution in [2.45, 2.75) is 58.9 Å². The van der Waals surface area contributed by atoms with Gasteiger partial charge in [-0.3, -0.25) is 0 Å². The minimum Gasteiger partial charge on any atom is -0.316 e. The van der Waals surface area contributed by atoms with Gasteiger partial charge in [0.2, 0.25) is 0 Å². The number of nitrogens with one attached hydrogen (secondary N) is 1. The quantitative estimate of drug-likeness (QED) is 0.678. The van der Waals surface area contributed by atoms with Gasteiger partial charge >= 0.3 is 0 Å². The standard InChI is InChI=1S/C17H34N2/c1-5-8-18-11-13(2)14(3)19(4)12-17-10-15-6-7-16(17)9-15/h13-18H,5-12H2,1-4H3. The van der Waals surface area contributed by atoms with E-state index in [0.717, 1.165) is 36.8 Å². The zero-order valence-corrected chi connectivity index (χ0v) is 13.5. The summed E-state index contributed by atoms with van der Waals surface area (Å²) in [5.74, 6) is 3.90. The normalized spacial score (nSPS) is 33.0. The highest BCUT2D eigenvalue weighted by atomic mass is 15.1. The molecule has 2 rings (SSSR count). The molecular formula is C17H34N2. The summed E-state index contributed by atoms with van der Waals surface area (Å²) in [6, 6.07) is 0.698. The minimum atomic E-state index is 0.698. The first-order valence-electron chi connectivity index (χ1n) is 8.52. The minimum absolute atomic E-state index is 0.698. The van der Waals surface area contributed by atoms with Crippen LogP contribution in [0.3, 0.4) is 0 Å². The summed E-state index contributed by atoms with van der Waals surface area (Å²) >= 11 is 0. The van der Waals surface area contributed by atoms with Crippen molar-refractivity contribution in [3.8, 4) is 0 Å². The van der Waals surface area contributed by atoms with E-state index in [0.29, 0.717) is 6.04 Å². The molecular weight excluding hydrogens is 232 g/mol. The first-order chi connectivity index (χ1) is 9.11. The molecule has 0 heterocycles. The number of nitrogens with zero attached hydrogens (tertiary/aromatic N) is 1. The lowest BCUT2D eigenvalue weighted by molar-refractivity contribution is 0.146. The van der Waals surface area contributed by atoms with Gasteiger partial charge < -0.3 is 10.2 Å². The van der Waals surface area contributed by atoms with Gasteiger partial charge in [0.05, 0.1) is 0 Å². The molecule has 2 bridgehead atoms. The van der Waals surface area contributed by atoms with Gasteiger partial charge in [-0.1, -0.05) is 20.3 Å². The van der Waals surface area contributed by atoms with Crippen molar-refractivity contribution in [3.63, 3.8) is 0 Å². The Kier molecular flexibility index (Phi) is 5.70. The number of fused-ring (bicyclic) bond motifs is 2. The molecule has 0 aromatic rings. The molecule has 1 N–H and O–H groups in total. The van der Waals surface area contributed by atoms with Crippen LogP contribution >= 0.6 is 0 Å². The molecule has 112 valence electrons. The van der Waals surface area contributed by atoms with Crippen molar-refractivity contribution < 1.29 is 0 Å². The van der Waals surface area contributed by atoms with Gasteiger partial charge in [-0.25, -0.2) is 0 Å². The second-order valence-electron chi connectivity index (χ2n) is 7.30. The van der Waals surface area contributed by atoms with E-state index in [2.05, 4.69) is 38.0 Å². The Morgan fingerprint density at radius 3 is 2.58 bits per heavy atom. The number of hydrogen-bond donors (Lipinski definition) is 1. The third-order valence-corrected chi connectivity index (χ3v) is 5.82. The molecule has 0 amide bonds. The van der Waals surface area contributed by atoms with Crippen LogP contribution in [0, 0.1) is 23.7 Å². The molecule has 2 saturated carbocycles. The lowest BCUT2D eigenvalue weighted by atomic mass is 9.88. The van der Waals surface area contributed by atoms with Crippen LogP contribution in [-0.4, -0.2) is 37.6 Å². The summed E-state index contributed by atoms with van der Waals surface area (Å²) in [6.07, 6.45) is 7.34. The highest BCUT2D eigenvalue weighted by Gasteiger charge is 2.40. The molecule has 2 fully saturated rings. The molecule has 0 aliphatic heterocycles. The Balaban J connectivity index is 1.71. The highest BCUT2D eigenvalue weighted by Crippen LogP contribution is 2.48. The van der Waals surface area contributed by atoms with Gasteiger partial charge in [-0.15, -0.1) is 0 Å². The van der Waals surface area contributed by atoms with Crippen LogP contribution in [0.15, 0.2) is 0 Å². The van der Waals surface area contributed by atoms with E-state index in [1.54, 1.807) is 6.42 Å². The van der Waals surface area contributed by atoms with E-state index in [-0.39, 0.29) is 0 Å². The van der Waals surface area contributed by atoms with Crippen molar-refractivity contribution in [1.29, 1.82) is 0 Å². The van der Waals surface area contributed by atoms with Crippen LogP contribution in [-0.2, 0) is 0 Å².